The van der Waals surface area contributed by atoms with Crippen molar-refractivity contribution in [2.75, 3.05) is 0 Å². The molecule has 0 fully saturated rings. The number of nitrogens with zero attached hydrogens (tertiary/aromatic N) is 2. The minimum absolute atomic E-state index is 0.826. The molecule has 2 heterocycles. The Morgan fingerprint density at radius 1 is 0.525 bits per heavy atom. The van der Waals surface area contributed by atoms with Gasteiger partial charge in [-0.1, -0.05) is 111 Å². The van der Waals surface area contributed by atoms with Crippen LogP contribution in [0.5, 0.6) is 0 Å². The van der Waals surface area contributed by atoms with Crippen LogP contribution in [0.4, 0.5) is 0 Å². The number of hydrogen-bond donors (Lipinski definition) is 0. The Morgan fingerprint density at radius 3 is 1.80 bits per heavy atom. The lowest BCUT2D eigenvalue weighted by Crippen LogP contribution is -2.07. The summed E-state index contributed by atoms with van der Waals surface area (Å²) < 4.78 is 4.98. The van der Waals surface area contributed by atoms with Crippen molar-refractivity contribution in [1.29, 1.82) is 0 Å². The fourth-order valence-electron chi connectivity index (χ4n) is 6.49. The summed E-state index contributed by atoms with van der Waals surface area (Å²) in [6, 6.07) is 39.5. The van der Waals surface area contributed by atoms with Crippen LogP contribution in [-0.4, -0.2) is 9.13 Å². The predicted molar refractivity (Wildman–Crippen MR) is 170 cm³/mol. The van der Waals surface area contributed by atoms with Gasteiger partial charge in [-0.2, -0.15) is 0 Å². The molecule has 40 heavy (non-hydrogen) atoms. The molecule has 194 valence electrons. The molecule has 0 unspecified atom stereocenters. The Hall–Kier alpha value is -4.82. The molecule has 2 aromatic heterocycles. The zero-order valence-electron chi connectivity index (χ0n) is 23.0. The smallest absolute Gasteiger partial charge is 0.0538 e. The summed E-state index contributed by atoms with van der Waals surface area (Å²) in [6.07, 6.45) is 11.0. The van der Waals surface area contributed by atoms with E-state index in [1.54, 1.807) is 0 Å². The van der Waals surface area contributed by atoms with Crippen molar-refractivity contribution in [3.8, 4) is 33.6 Å². The van der Waals surface area contributed by atoms with Crippen molar-refractivity contribution in [2.24, 2.45) is 0 Å². The number of para-hydroxylation sites is 3. The molecular weight excluding hydrogens is 484 g/mol. The van der Waals surface area contributed by atoms with E-state index in [-0.39, 0.29) is 0 Å². The normalized spacial score (nSPS) is 12.8. The molecule has 0 atom stereocenters. The second-order valence-corrected chi connectivity index (χ2v) is 10.1. The Bertz CT molecular complexity index is 1900. The lowest BCUT2D eigenvalue weighted by Gasteiger charge is -2.15. The first-order chi connectivity index (χ1) is 19.9. The van der Waals surface area contributed by atoms with E-state index in [1.807, 2.05) is 13.8 Å². The van der Waals surface area contributed by atoms with Gasteiger partial charge in [-0.15, -0.1) is 0 Å². The van der Waals surface area contributed by atoms with Gasteiger partial charge in [-0.05, 0) is 54.0 Å². The van der Waals surface area contributed by atoms with E-state index in [0.717, 1.165) is 12.8 Å². The third-order valence-electron chi connectivity index (χ3n) is 7.98. The lowest BCUT2D eigenvalue weighted by atomic mass is 9.93. The molecule has 0 N–H and O–H groups in total. The molecule has 2 heteroatoms. The summed E-state index contributed by atoms with van der Waals surface area (Å²) in [5, 5.41) is 1.30. The number of benzene rings is 4. The van der Waals surface area contributed by atoms with Gasteiger partial charge in [0.25, 0.3) is 0 Å². The van der Waals surface area contributed by atoms with E-state index in [4.69, 9.17) is 0 Å². The highest BCUT2D eigenvalue weighted by molar-refractivity contribution is 6.05. The van der Waals surface area contributed by atoms with Gasteiger partial charge in [-0.3, -0.25) is 0 Å². The van der Waals surface area contributed by atoms with Gasteiger partial charge in [0.2, 0.25) is 0 Å². The maximum atomic E-state index is 2.50. The fraction of sp³-hybridized carbons (Fsp3) is 0.105. The third kappa shape index (κ3) is 3.64. The van der Waals surface area contributed by atoms with Crippen LogP contribution < -0.4 is 0 Å². The summed E-state index contributed by atoms with van der Waals surface area (Å²) in [5.74, 6) is 0. The first kappa shape index (κ1) is 24.2. The average Bonchev–Trinajstić information content (AvgIpc) is 3.31. The average molecular weight is 517 g/mol. The van der Waals surface area contributed by atoms with E-state index in [1.165, 1.54) is 67.2 Å². The molecule has 2 aliphatic rings. The number of aromatic nitrogens is 2. The largest absolute Gasteiger partial charge is 0.313 e. The van der Waals surface area contributed by atoms with E-state index < -0.39 is 0 Å². The second kappa shape index (κ2) is 10.1. The summed E-state index contributed by atoms with van der Waals surface area (Å²) in [7, 11) is 0. The molecule has 6 aromatic rings. The maximum Gasteiger partial charge on any atom is 0.0538 e. The van der Waals surface area contributed by atoms with Gasteiger partial charge in [-0.25, -0.2) is 0 Å². The molecule has 0 saturated carbocycles. The highest BCUT2D eigenvalue weighted by Gasteiger charge is 2.31. The maximum absolute atomic E-state index is 2.50. The van der Waals surface area contributed by atoms with Gasteiger partial charge in [0.05, 0.1) is 11.2 Å². The molecule has 4 aromatic carbocycles. The predicted octanol–water partition coefficient (Wildman–Crippen LogP) is 10.1. The molecule has 2 aliphatic carbocycles. The monoisotopic (exact) mass is 516 g/mol. The highest BCUT2D eigenvalue weighted by Crippen LogP contribution is 2.49. The van der Waals surface area contributed by atoms with E-state index in [2.05, 4.69) is 143 Å². The summed E-state index contributed by atoms with van der Waals surface area (Å²) >= 11 is 0. The van der Waals surface area contributed by atoms with Crippen LogP contribution in [0.3, 0.4) is 0 Å². The van der Waals surface area contributed by atoms with E-state index in [9.17, 15) is 0 Å². The van der Waals surface area contributed by atoms with E-state index >= 15 is 0 Å². The molecule has 0 bridgehead atoms. The SMILES string of the molecule is C1=Cc2c3c(n(-c4ccccc4)c2C=CC1)Cc1c(c2ccccc2n1-c1ccccc1)-c1ccccc1-3.CC. The molecule has 0 radical (unpaired) electrons. The second-order valence-electron chi connectivity index (χ2n) is 10.1. The van der Waals surface area contributed by atoms with Crippen LogP contribution in [0.1, 0.15) is 42.9 Å². The Labute approximate surface area is 236 Å². The van der Waals surface area contributed by atoms with Crippen LogP contribution in [-0.2, 0) is 6.42 Å². The molecular formula is C38H32N2. The fourth-order valence-corrected chi connectivity index (χ4v) is 6.49. The van der Waals surface area contributed by atoms with Crippen molar-refractivity contribution in [1.82, 2.24) is 9.13 Å². The highest BCUT2D eigenvalue weighted by atomic mass is 15.0. The summed E-state index contributed by atoms with van der Waals surface area (Å²) in [6.45, 7) is 4.00. The first-order valence-electron chi connectivity index (χ1n) is 14.3. The van der Waals surface area contributed by atoms with Crippen molar-refractivity contribution in [3.05, 3.63) is 144 Å². The Morgan fingerprint density at radius 2 is 1.07 bits per heavy atom. The van der Waals surface area contributed by atoms with Crippen molar-refractivity contribution >= 4 is 23.1 Å². The molecule has 0 spiro atoms. The third-order valence-corrected chi connectivity index (χ3v) is 7.98. The first-order valence-corrected chi connectivity index (χ1v) is 14.3. The number of fused-ring (bicyclic) bond motifs is 9. The quantitative estimate of drug-likeness (QED) is 0.216. The minimum atomic E-state index is 0.826. The van der Waals surface area contributed by atoms with Crippen molar-refractivity contribution in [2.45, 2.75) is 26.7 Å². The Kier molecular flexibility index (Phi) is 6.09. The zero-order chi connectivity index (χ0) is 27.1. The molecule has 0 saturated heterocycles. The van der Waals surface area contributed by atoms with E-state index in [0.29, 0.717) is 0 Å². The molecule has 2 nitrogen and oxygen atoms in total. The summed E-state index contributed by atoms with van der Waals surface area (Å²) in [4.78, 5) is 0. The van der Waals surface area contributed by atoms with Crippen LogP contribution in [0.15, 0.2) is 121 Å². The van der Waals surface area contributed by atoms with Crippen LogP contribution in [0, 0.1) is 0 Å². The van der Waals surface area contributed by atoms with Crippen molar-refractivity contribution < 1.29 is 0 Å². The Balaban J connectivity index is 0.00000130. The molecule has 8 rings (SSSR count). The van der Waals surface area contributed by atoms with Gasteiger partial charge in [0, 0.05) is 51.3 Å². The topological polar surface area (TPSA) is 9.86 Å². The number of rotatable bonds is 2. The zero-order valence-corrected chi connectivity index (χ0v) is 23.0. The van der Waals surface area contributed by atoms with Crippen LogP contribution >= 0.6 is 0 Å². The van der Waals surface area contributed by atoms with Gasteiger partial charge >= 0.3 is 0 Å². The number of hydrogen-bond acceptors (Lipinski definition) is 0. The molecule has 0 aliphatic heterocycles. The summed E-state index contributed by atoms with van der Waals surface area (Å²) in [5.41, 5.74) is 14.2. The van der Waals surface area contributed by atoms with Crippen molar-refractivity contribution in [3.63, 3.8) is 0 Å². The van der Waals surface area contributed by atoms with Gasteiger partial charge < -0.3 is 9.13 Å². The lowest BCUT2D eigenvalue weighted by molar-refractivity contribution is 0.907. The van der Waals surface area contributed by atoms with Crippen LogP contribution in [0.25, 0.3) is 56.7 Å². The number of allylic oxidation sites excluding steroid dienone is 2. The van der Waals surface area contributed by atoms with Gasteiger partial charge in [0.15, 0.2) is 0 Å². The van der Waals surface area contributed by atoms with Gasteiger partial charge in [0.1, 0.15) is 0 Å². The standard InChI is InChI=1S/C36H26N2.C2H6/c1-4-14-25(15-5-1)37-31-22-9-3-8-20-29(31)35-27-18-10-11-19-28(27)36-30-21-12-13-23-32(30)38(34(36)24-33(35)37)26-16-6-2-7-17-26;1-2/h1-2,4-23H,3,24H2;1-2H3. The van der Waals surface area contributed by atoms with Crippen LogP contribution in [0.2, 0.25) is 0 Å². The minimum Gasteiger partial charge on any atom is -0.313 e. The molecule has 0 amide bonds.